The van der Waals surface area contributed by atoms with Gasteiger partial charge in [0, 0.05) is 26.0 Å². The lowest BCUT2D eigenvalue weighted by Crippen LogP contribution is -2.19. The highest BCUT2D eigenvalue weighted by molar-refractivity contribution is 5.09. The summed E-state index contributed by atoms with van der Waals surface area (Å²) in [6.07, 6.45) is 5.34. The maximum atomic E-state index is 4.06. The number of hydrogen-bond donors (Lipinski definition) is 0. The molecule has 2 rings (SSSR count). The number of rotatable bonds is 4. The first-order valence-corrected chi connectivity index (χ1v) is 5.16. The van der Waals surface area contributed by atoms with E-state index >= 15 is 0 Å². The minimum absolute atomic E-state index is 0.790. The molecule has 5 nitrogen and oxygen atoms in total. The minimum Gasteiger partial charge on any atom is -0.320 e. The summed E-state index contributed by atoms with van der Waals surface area (Å²) in [6, 6.07) is 4.04. The molecule has 0 aromatic carbocycles. The molecule has 0 saturated carbocycles. The second-order valence-electron chi connectivity index (χ2n) is 3.89. The molecule has 0 aliphatic heterocycles. The molecule has 0 radical (unpaired) electrons. The second kappa shape index (κ2) is 4.85. The molecule has 0 fully saturated rings. The summed E-state index contributed by atoms with van der Waals surface area (Å²) in [5.41, 5.74) is 1.25. The van der Waals surface area contributed by atoms with Crippen LogP contribution in [-0.4, -0.2) is 31.7 Å². The van der Waals surface area contributed by atoms with Crippen LogP contribution in [0.5, 0.6) is 0 Å². The normalized spacial score (nSPS) is 10.9. The molecule has 16 heavy (non-hydrogen) atoms. The Morgan fingerprint density at radius 1 is 1.25 bits per heavy atom. The lowest BCUT2D eigenvalue weighted by Gasteiger charge is -2.15. The molecule has 0 aliphatic rings. The summed E-state index contributed by atoms with van der Waals surface area (Å²) in [6.45, 7) is 1.67. The standard InChI is InChI=1S/C11H15N5/c1-15(7-10-3-5-12-6-4-10)8-11-14-13-9-16(11)2/h3-6,9H,7-8H2,1-2H3. The Hall–Kier alpha value is -1.75. The van der Waals surface area contributed by atoms with Crippen LogP contribution in [0.4, 0.5) is 0 Å². The van der Waals surface area contributed by atoms with Gasteiger partial charge in [0.05, 0.1) is 6.54 Å². The number of pyridine rings is 1. The minimum atomic E-state index is 0.790. The van der Waals surface area contributed by atoms with E-state index in [2.05, 4.69) is 27.1 Å². The Morgan fingerprint density at radius 2 is 2.00 bits per heavy atom. The predicted molar refractivity (Wildman–Crippen MR) is 60.4 cm³/mol. The van der Waals surface area contributed by atoms with Crippen LogP contribution in [0.1, 0.15) is 11.4 Å². The fourth-order valence-electron chi connectivity index (χ4n) is 1.55. The van der Waals surface area contributed by atoms with Crippen molar-refractivity contribution in [2.45, 2.75) is 13.1 Å². The van der Waals surface area contributed by atoms with Gasteiger partial charge in [0.15, 0.2) is 0 Å². The summed E-state index contributed by atoms with van der Waals surface area (Å²) < 4.78 is 1.93. The molecule has 0 amide bonds. The van der Waals surface area contributed by atoms with Gasteiger partial charge in [-0.3, -0.25) is 9.88 Å². The van der Waals surface area contributed by atoms with Crippen LogP contribution in [0, 0.1) is 0 Å². The molecule has 2 aromatic rings. The van der Waals surface area contributed by atoms with Gasteiger partial charge in [-0.05, 0) is 24.7 Å². The Labute approximate surface area is 94.8 Å². The van der Waals surface area contributed by atoms with Crippen molar-refractivity contribution >= 4 is 0 Å². The number of hydrogen-bond acceptors (Lipinski definition) is 4. The molecule has 2 heterocycles. The highest BCUT2D eigenvalue weighted by atomic mass is 15.3. The Morgan fingerprint density at radius 3 is 2.62 bits per heavy atom. The first-order valence-electron chi connectivity index (χ1n) is 5.16. The average molecular weight is 217 g/mol. The molecular weight excluding hydrogens is 202 g/mol. The molecule has 0 spiro atoms. The second-order valence-corrected chi connectivity index (χ2v) is 3.89. The first-order chi connectivity index (χ1) is 7.75. The topological polar surface area (TPSA) is 46.8 Å². The Balaban J connectivity index is 1.95. The highest BCUT2D eigenvalue weighted by Gasteiger charge is 2.05. The largest absolute Gasteiger partial charge is 0.320 e. The number of aryl methyl sites for hydroxylation is 1. The van der Waals surface area contributed by atoms with Crippen molar-refractivity contribution in [1.82, 2.24) is 24.6 Å². The fraction of sp³-hybridized carbons (Fsp3) is 0.364. The van der Waals surface area contributed by atoms with Gasteiger partial charge in [0.2, 0.25) is 0 Å². The van der Waals surface area contributed by atoms with Gasteiger partial charge in [0.25, 0.3) is 0 Å². The van der Waals surface area contributed by atoms with Crippen LogP contribution in [0.2, 0.25) is 0 Å². The van der Waals surface area contributed by atoms with E-state index in [0.717, 1.165) is 18.9 Å². The molecule has 0 bridgehead atoms. The SMILES string of the molecule is CN(Cc1ccncc1)Cc1nncn1C. The third kappa shape index (κ3) is 2.64. The van der Waals surface area contributed by atoms with E-state index in [0.29, 0.717) is 0 Å². The molecule has 0 aliphatic carbocycles. The summed E-state index contributed by atoms with van der Waals surface area (Å²) in [5, 5.41) is 7.91. The molecule has 0 atom stereocenters. The van der Waals surface area contributed by atoms with Gasteiger partial charge in [-0.15, -0.1) is 10.2 Å². The lowest BCUT2D eigenvalue weighted by molar-refractivity contribution is 0.306. The molecule has 0 saturated heterocycles. The van der Waals surface area contributed by atoms with Crippen LogP contribution in [0.25, 0.3) is 0 Å². The van der Waals surface area contributed by atoms with E-state index in [1.54, 1.807) is 6.33 Å². The zero-order valence-electron chi connectivity index (χ0n) is 9.54. The summed E-state index contributed by atoms with van der Waals surface area (Å²) in [7, 11) is 4.02. The summed E-state index contributed by atoms with van der Waals surface area (Å²) >= 11 is 0. The predicted octanol–water partition coefficient (Wildman–Crippen LogP) is 0.842. The molecular formula is C11H15N5. The van der Waals surface area contributed by atoms with Gasteiger partial charge in [-0.1, -0.05) is 0 Å². The van der Waals surface area contributed by atoms with Crippen molar-refractivity contribution in [3.8, 4) is 0 Å². The molecule has 84 valence electrons. The van der Waals surface area contributed by atoms with Crippen LogP contribution < -0.4 is 0 Å². The molecule has 0 N–H and O–H groups in total. The van der Waals surface area contributed by atoms with E-state index in [1.807, 2.05) is 36.1 Å². The number of aromatic nitrogens is 4. The van der Waals surface area contributed by atoms with Crippen LogP contribution in [-0.2, 0) is 20.1 Å². The van der Waals surface area contributed by atoms with Crippen molar-refractivity contribution in [1.29, 1.82) is 0 Å². The summed E-state index contributed by atoms with van der Waals surface area (Å²) in [5.74, 6) is 0.969. The van der Waals surface area contributed by atoms with Crippen LogP contribution in [0.15, 0.2) is 30.9 Å². The van der Waals surface area contributed by atoms with E-state index in [4.69, 9.17) is 0 Å². The van der Waals surface area contributed by atoms with Crippen molar-refractivity contribution in [2.75, 3.05) is 7.05 Å². The monoisotopic (exact) mass is 217 g/mol. The molecule has 2 aromatic heterocycles. The molecule has 0 unspecified atom stereocenters. The summed E-state index contributed by atoms with van der Waals surface area (Å²) in [4.78, 5) is 6.19. The lowest BCUT2D eigenvalue weighted by atomic mass is 10.2. The van der Waals surface area contributed by atoms with Crippen molar-refractivity contribution < 1.29 is 0 Å². The average Bonchev–Trinajstić information content (AvgIpc) is 2.66. The van der Waals surface area contributed by atoms with E-state index in [-0.39, 0.29) is 0 Å². The zero-order valence-corrected chi connectivity index (χ0v) is 9.54. The fourth-order valence-corrected chi connectivity index (χ4v) is 1.55. The van der Waals surface area contributed by atoms with E-state index in [9.17, 15) is 0 Å². The third-order valence-electron chi connectivity index (χ3n) is 2.42. The van der Waals surface area contributed by atoms with E-state index in [1.165, 1.54) is 5.56 Å². The Bertz CT molecular complexity index is 437. The van der Waals surface area contributed by atoms with Gasteiger partial charge in [0.1, 0.15) is 12.2 Å². The van der Waals surface area contributed by atoms with Crippen molar-refractivity contribution in [2.24, 2.45) is 7.05 Å². The Kier molecular flexibility index (Phi) is 3.26. The van der Waals surface area contributed by atoms with E-state index < -0.39 is 0 Å². The number of nitrogens with zero attached hydrogens (tertiary/aromatic N) is 5. The maximum absolute atomic E-state index is 4.06. The van der Waals surface area contributed by atoms with Crippen LogP contribution >= 0.6 is 0 Å². The zero-order chi connectivity index (χ0) is 11.4. The van der Waals surface area contributed by atoms with Crippen molar-refractivity contribution in [3.63, 3.8) is 0 Å². The highest BCUT2D eigenvalue weighted by Crippen LogP contribution is 2.04. The van der Waals surface area contributed by atoms with Gasteiger partial charge >= 0.3 is 0 Å². The van der Waals surface area contributed by atoms with Crippen molar-refractivity contribution in [3.05, 3.63) is 42.2 Å². The first kappa shape index (κ1) is 10.8. The van der Waals surface area contributed by atoms with Crippen LogP contribution in [0.3, 0.4) is 0 Å². The van der Waals surface area contributed by atoms with Gasteiger partial charge in [-0.25, -0.2) is 0 Å². The smallest absolute Gasteiger partial charge is 0.146 e. The quantitative estimate of drug-likeness (QED) is 0.761. The van der Waals surface area contributed by atoms with Gasteiger partial charge in [-0.2, -0.15) is 0 Å². The van der Waals surface area contributed by atoms with Gasteiger partial charge < -0.3 is 4.57 Å². The maximum Gasteiger partial charge on any atom is 0.146 e. The third-order valence-corrected chi connectivity index (χ3v) is 2.42. The molecule has 5 heteroatoms.